The fraction of sp³-hybridized carbons (Fsp3) is 0.933. The van der Waals surface area contributed by atoms with Crippen molar-refractivity contribution < 1.29 is 9.90 Å². The molecular formula is C15H30O2. The third-order valence-corrected chi connectivity index (χ3v) is 3.19. The van der Waals surface area contributed by atoms with Gasteiger partial charge in [0.25, 0.3) is 0 Å². The average Bonchev–Trinajstić information content (AvgIpc) is 2.32. The molecule has 0 rings (SSSR count). The van der Waals surface area contributed by atoms with Crippen molar-refractivity contribution in [3.63, 3.8) is 0 Å². The highest BCUT2D eigenvalue weighted by atomic mass is 16.3. The molecule has 0 aromatic rings. The Morgan fingerprint density at radius 2 is 1.47 bits per heavy atom. The number of carbonyl (C=O) groups is 1. The second-order valence-electron chi connectivity index (χ2n) is 5.04. The predicted octanol–water partition coefficient (Wildman–Crippen LogP) is 4.25. The lowest BCUT2D eigenvalue weighted by Gasteiger charge is -2.09. The largest absolute Gasteiger partial charge is 0.393 e. The molecule has 2 heteroatoms. The lowest BCUT2D eigenvalue weighted by molar-refractivity contribution is -0.119. The van der Waals surface area contributed by atoms with Crippen LogP contribution in [-0.2, 0) is 4.79 Å². The maximum atomic E-state index is 11.4. The van der Waals surface area contributed by atoms with Gasteiger partial charge in [-0.1, -0.05) is 46.0 Å². The summed E-state index contributed by atoms with van der Waals surface area (Å²) >= 11 is 0. The van der Waals surface area contributed by atoms with E-state index in [1.807, 2.05) is 0 Å². The minimum absolute atomic E-state index is 0.189. The van der Waals surface area contributed by atoms with Gasteiger partial charge in [-0.3, -0.25) is 4.79 Å². The Balaban J connectivity index is 3.31. The zero-order chi connectivity index (χ0) is 12.9. The van der Waals surface area contributed by atoms with Gasteiger partial charge in [-0.25, -0.2) is 0 Å². The van der Waals surface area contributed by atoms with Gasteiger partial charge < -0.3 is 5.11 Å². The van der Waals surface area contributed by atoms with Crippen LogP contribution in [-0.4, -0.2) is 17.0 Å². The SMILES string of the molecule is CCCCCCC(O)CCCC(=O)CCCC. The zero-order valence-electron chi connectivity index (χ0n) is 11.7. The fourth-order valence-electron chi connectivity index (χ4n) is 1.98. The third-order valence-electron chi connectivity index (χ3n) is 3.19. The second kappa shape index (κ2) is 12.1. The Kier molecular flexibility index (Phi) is 11.8. The summed E-state index contributed by atoms with van der Waals surface area (Å²) in [5, 5.41) is 9.73. The van der Waals surface area contributed by atoms with Gasteiger partial charge in [0, 0.05) is 12.8 Å². The van der Waals surface area contributed by atoms with Gasteiger partial charge >= 0.3 is 0 Å². The van der Waals surface area contributed by atoms with E-state index in [9.17, 15) is 9.90 Å². The van der Waals surface area contributed by atoms with E-state index in [0.717, 1.165) is 44.9 Å². The van der Waals surface area contributed by atoms with E-state index in [1.165, 1.54) is 19.3 Å². The van der Waals surface area contributed by atoms with Gasteiger partial charge in [0.05, 0.1) is 6.10 Å². The van der Waals surface area contributed by atoms with Crippen LogP contribution in [0.4, 0.5) is 0 Å². The van der Waals surface area contributed by atoms with Gasteiger partial charge in [0.15, 0.2) is 0 Å². The molecule has 0 bridgehead atoms. The summed E-state index contributed by atoms with van der Waals surface area (Å²) in [5.41, 5.74) is 0. The van der Waals surface area contributed by atoms with Crippen molar-refractivity contribution in [3.8, 4) is 0 Å². The molecule has 1 N–H and O–H groups in total. The number of hydrogen-bond donors (Lipinski definition) is 1. The number of hydrogen-bond acceptors (Lipinski definition) is 2. The highest BCUT2D eigenvalue weighted by Gasteiger charge is 2.06. The lowest BCUT2D eigenvalue weighted by Crippen LogP contribution is -2.07. The van der Waals surface area contributed by atoms with Gasteiger partial charge in [0.1, 0.15) is 5.78 Å². The van der Waals surface area contributed by atoms with E-state index in [1.54, 1.807) is 0 Å². The topological polar surface area (TPSA) is 37.3 Å². The number of aliphatic hydroxyl groups excluding tert-OH is 1. The van der Waals surface area contributed by atoms with Crippen molar-refractivity contribution in [1.29, 1.82) is 0 Å². The summed E-state index contributed by atoms with van der Waals surface area (Å²) in [4.78, 5) is 11.4. The fourth-order valence-corrected chi connectivity index (χ4v) is 1.98. The van der Waals surface area contributed by atoms with E-state index in [-0.39, 0.29) is 6.10 Å². The van der Waals surface area contributed by atoms with Crippen LogP contribution in [0.15, 0.2) is 0 Å². The normalized spacial score (nSPS) is 12.6. The smallest absolute Gasteiger partial charge is 0.132 e. The summed E-state index contributed by atoms with van der Waals surface area (Å²) in [7, 11) is 0. The van der Waals surface area contributed by atoms with Crippen molar-refractivity contribution in [2.45, 2.75) is 90.6 Å². The Hall–Kier alpha value is -0.370. The summed E-state index contributed by atoms with van der Waals surface area (Å²) in [6, 6.07) is 0. The summed E-state index contributed by atoms with van der Waals surface area (Å²) < 4.78 is 0. The quantitative estimate of drug-likeness (QED) is 0.519. The molecule has 0 aliphatic rings. The molecular weight excluding hydrogens is 212 g/mol. The number of Topliss-reactive ketones (excluding diaryl/α,β-unsaturated/α-hetero) is 1. The van der Waals surface area contributed by atoms with Crippen LogP contribution in [0.25, 0.3) is 0 Å². The first-order valence-electron chi connectivity index (χ1n) is 7.40. The number of unbranched alkanes of at least 4 members (excludes halogenated alkanes) is 4. The van der Waals surface area contributed by atoms with E-state index >= 15 is 0 Å². The third kappa shape index (κ3) is 11.9. The molecule has 0 radical (unpaired) electrons. The Labute approximate surface area is 107 Å². The summed E-state index contributed by atoms with van der Waals surface area (Å²) in [5.74, 6) is 0.366. The molecule has 0 spiro atoms. The van der Waals surface area contributed by atoms with E-state index in [0.29, 0.717) is 12.2 Å². The Morgan fingerprint density at radius 3 is 2.12 bits per heavy atom. The van der Waals surface area contributed by atoms with Crippen LogP contribution in [0.3, 0.4) is 0 Å². The van der Waals surface area contributed by atoms with Crippen molar-refractivity contribution in [3.05, 3.63) is 0 Å². The maximum Gasteiger partial charge on any atom is 0.132 e. The van der Waals surface area contributed by atoms with E-state index in [2.05, 4.69) is 13.8 Å². The average molecular weight is 242 g/mol. The zero-order valence-corrected chi connectivity index (χ0v) is 11.7. The van der Waals surface area contributed by atoms with Crippen LogP contribution < -0.4 is 0 Å². The molecule has 0 saturated carbocycles. The molecule has 1 unspecified atom stereocenters. The highest BCUT2D eigenvalue weighted by molar-refractivity contribution is 5.78. The molecule has 0 aliphatic heterocycles. The molecule has 17 heavy (non-hydrogen) atoms. The molecule has 0 aromatic heterocycles. The van der Waals surface area contributed by atoms with Gasteiger partial charge in [-0.15, -0.1) is 0 Å². The maximum absolute atomic E-state index is 11.4. The van der Waals surface area contributed by atoms with Crippen LogP contribution in [0.2, 0.25) is 0 Å². The van der Waals surface area contributed by atoms with Crippen molar-refractivity contribution in [2.24, 2.45) is 0 Å². The molecule has 2 nitrogen and oxygen atoms in total. The van der Waals surface area contributed by atoms with Gasteiger partial charge in [-0.2, -0.15) is 0 Å². The first-order chi connectivity index (χ1) is 8.20. The number of ketones is 1. The van der Waals surface area contributed by atoms with Gasteiger partial charge in [0.2, 0.25) is 0 Å². The summed E-state index contributed by atoms with van der Waals surface area (Å²) in [6.45, 7) is 4.30. The van der Waals surface area contributed by atoms with E-state index in [4.69, 9.17) is 0 Å². The number of carbonyl (C=O) groups excluding carboxylic acids is 1. The van der Waals surface area contributed by atoms with Crippen LogP contribution in [0, 0.1) is 0 Å². The summed E-state index contributed by atoms with van der Waals surface area (Å²) in [6.07, 6.45) is 10.7. The Bertz CT molecular complexity index is 178. The number of aliphatic hydroxyl groups is 1. The molecule has 0 amide bonds. The highest BCUT2D eigenvalue weighted by Crippen LogP contribution is 2.11. The van der Waals surface area contributed by atoms with E-state index < -0.39 is 0 Å². The van der Waals surface area contributed by atoms with Crippen LogP contribution in [0.5, 0.6) is 0 Å². The molecule has 0 saturated heterocycles. The molecule has 0 aliphatic carbocycles. The monoisotopic (exact) mass is 242 g/mol. The molecule has 1 atom stereocenters. The van der Waals surface area contributed by atoms with Crippen LogP contribution in [0.1, 0.15) is 84.5 Å². The minimum Gasteiger partial charge on any atom is -0.393 e. The van der Waals surface area contributed by atoms with Crippen LogP contribution >= 0.6 is 0 Å². The predicted molar refractivity (Wildman–Crippen MR) is 73.1 cm³/mol. The van der Waals surface area contributed by atoms with Crippen molar-refractivity contribution in [1.82, 2.24) is 0 Å². The van der Waals surface area contributed by atoms with Gasteiger partial charge in [-0.05, 0) is 25.7 Å². The number of rotatable bonds is 12. The molecule has 102 valence electrons. The molecule has 0 aromatic carbocycles. The van der Waals surface area contributed by atoms with Crippen molar-refractivity contribution in [2.75, 3.05) is 0 Å². The first kappa shape index (κ1) is 16.6. The lowest BCUT2D eigenvalue weighted by atomic mass is 10.0. The van der Waals surface area contributed by atoms with Crippen molar-refractivity contribution >= 4 is 5.78 Å². The second-order valence-corrected chi connectivity index (χ2v) is 5.04. The Morgan fingerprint density at radius 1 is 0.882 bits per heavy atom. The molecule has 0 heterocycles. The molecule has 0 fully saturated rings. The first-order valence-corrected chi connectivity index (χ1v) is 7.40. The standard InChI is InChI=1S/C15H30O2/c1-3-5-7-8-11-15(17)13-9-12-14(16)10-6-4-2/h15,17H,3-13H2,1-2H3. The minimum atomic E-state index is -0.189.